The van der Waals surface area contributed by atoms with E-state index < -0.39 is 5.79 Å². The first-order valence-corrected chi connectivity index (χ1v) is 10.7. The van der Waals surface area contributed by atoms with Crippen molar-refractivity contribution in [2.24, 2.45) is 0 Å². The van der Waals surface area contributed by atoms with Gasteiger partial charge < -0.3 is 25.0 Å². The van der Waals surface area contributed by atoms with E-state index in [-0.39, 0.29) is 5.82 Å². The van der Waals surface area contributed by atoms with Gasteiger partial charge in [0, 0.05) is 62.7 Å². The molecule has 3 aromatic rings. The lowest BCUT2D eigenvalue weighted by Crippen LogP contribution is -2.45. The molecule has 5 rings (SSSR count). The Morgan fingerprint density at radius 1 is 0.969 bits per heavy atom. The van der Waals surface area contributed by atoms with Crippen LogP contribution in [0.2, 0.25) is 0 Å². The average molecular weight is 436 g/mol. The monoisotopic (exact) mass is 436 g/mol. The summed E-state index contributed by atoms with van der Waals surface area (Å²) in [5.41, 5.74) is 2.01. The second-order valence-corrected chi connectivity index (χ2v) is 7.89. The molecule has 9 heteroatoms. The Morgan fingerprint density at radius 3 is 2.44 bits per heavy atom. The number of ether oxygens (including phenoxy) is 2. The largest absolute Gasteiger partial charge is 0.371 e. The van der Waals surface area contributed by atoms with Crippen molar-refractivity contribution in [3.05, 3.63) is 66.4 Å². The fraction of sp³-hybridized carbons (Fsp3) is 0.348. The first-order valence-electron chi connectivity index (χ1n) is 10.7. The van der Waals surface area contributed by atoms with Crippen LogP contribution in [0.3, 0.4) is 0 Å². The second-order valence-electron chi connectivity index (χ2n) is 7.89. The lowest BCUT2D eigenvalue weighted by molar-refractivity contribution is -0.169. The van der Waals surface area contributed by atoms with Gasteiger partial charge in [0.25, 0.3) is 0 Å². The molecule has 32 heavy (non-hydrogen) atoms. The first kappa shape index (κ1) is 20.6. The van der Waals surface area contributed by atoms with Gasteiger partial charge in [0.15, 0.2) is 5.79 Å². The molecular weight excluding hydrogens is 411 g/mol. The Kier molecular flexibility index (Phi) is 5.83. The molecule has 2 fully saturated rings. The minimum atomic E-state index is -0.423. The van der Waals surface area contributed by atoms with E-state index >= 15 is 0 Å². The highest BCUT2D eigenvalue weighted by Gasteiger charge is 2.39. The number of hydrogen-bond donors (Lipinski definition) is 2. The topological polar surface area (TPSA) is 84.4 Å². The SMILES string of the molecule is Fc1ccc(CNc2cc(N3CCC4(CC3)OCCO4)cc(Nc3cnccn3)n2)cc1. The van der Waals surface area contributed by atoms with E-state index in [4.69, 9.17) is 9.47 Å². The van der Waals surface area contributed by atoms with Crippen LogP contribution in [-0.2, 0) is 16.0 Å². The maximum Gasteiger partial charge on any atom is 0.171 e. The minimum Gasteiger partial charge on any atom is -0.371 e. The molecular formula is C23H25FN6O2. The molecule has 0 saturated carbocycles. The van der Waals surface area contributed by atoms with E-state index in [2.05, 4.69) is 30.5 Å². The van der Waals surface area contributed by atoms with E-state index in [0.29, 0.717) is 37.2 Å². The third-order valence-electron chi connectivity index (χ3n) is 5.72. The van der Waals surface area contributed by atoms with Gasteiger partial charge in [0.2, 0.25) is 0 Å². The van der Waals surface area contributed by atoms with E-state index in [1.54, 1.807) is 30.7 Å². The van der Waals surface area contributed by atoms with E-state index in [9.17, 15) is 4.39 Å². The molecule has 2 saturated heterocycles. The summed E-state index contributed by atoms with van der Waals surface area (Å²) in [6.07, 6.45) is 6.55. The van der Waals surface area contributed by atoms with Crippen LogP contribution in [0.1, 0.15) is 18.4 Å². The minimum absolute atomic E-state index is 0.248. The van der Waals surface area contributed by atoms with Gasteiger partial charge in [-0.2, -0.15) is 0 Å². The normalized spacial score (nSPS) is 17.5. The molecule has 2 aliphatic heterocycles. The number of aromatic nitrogens is 3. The molecule has 2 N–H and O–H groups in total. The van der Waals surface area contributed by atoms with Gasteiger partial charge in [0.1, 0.15) is 23.3 Å². The van der Waals surface area contributed by atoms with E-state index in [1.165, 1.54) is 12.1 Å². The third kappa shape index (κ3) is 4.79. The molecule has 166 valence electrons. The van der Waals surface area contributed by atoms with Crippen LogP contribution in [-0.4, -0.2) is 47.0 Å². The molecule has 8 nitrogen and oxygen atoms in total. The van der Waals surface area contributed by atoms with Crippen LogP contribution in [0.15, 0.2) is 55.0 Å². The number of anilines is 4. The molecule has 0 bridgehead atoms. The van der Waals surface area contributed by atoms with Gasteiger partial charge in [-0.25, -0.2) is 14.4 Å². The van der Waals surface area contributed by atoms with Crippen molar-refractivity contribution in [1.82, 2.24) is 15.0 Å². The van der Waals surface area contributed by atoms with Gasteiger partial charge in [0.05, 0.1) is 19.4 Å². The summed E-state index contributed by atoms with van der Waals surface area (Å²) < 4.78 is 24.9. The fourth-order valence-electron chi connectivity index (χ4n) is 4.03. The number of piperidine rings is 1. The van der Waals surface area contributed by atoms with Gasteiger partial charge in [-0.15, -0.1) is 0 Å². The Labute approximate surface area is 185 Å². The van der Waals surface area contributed by atoms with Gasteiger partial charge in [-0.1, -0.05) is 12.1 Å². The summed E-state index contributed by atoms with van der Waals surface area (Å²) in [6.45, 7) is 3.52. The quantitative estimate of drug-likeness (QED) is 0.605. The van der Waals surface area contributed by atoms with Crippen molar-refractivity contribution in [1.29, 1.82) is 0 Å². The zero-order chi connectivity index (χ0) is 21.8. The number of rotatable bonds is 6. The lowest BCUT2D eigenvalue weighted by atomic mass is 10.0. The standard InChI is InChI=1S/C23H25FN6O2/c24-18-3-1-17(2-4-18)15-27-20-13-19(14-21(28-20)29-22-16-25-7-8-26-22)30-9-5-23(6-10-30)31-11-12-32-23/h1-4,7-8,13-14,16H,5-6,9-12,15H2,(H2,26,27,28,29). The predicted octanol–water partition coefficient (Wildman–Crippen LogP) is 3.71. The zero-order valence-corrected chi connectivity index (χ0v) is 17.6. The summed E-state index contributed by atoms with van der Waals surface area (Å²) in [5.74, 6) is 1.33. The molecule has 1 aromatic carbocycles. The Morgan fingerprint density at radius 2 is 1.72 bits per heavy atom. The average Bonchev–Trinajstić information content (AvgIpc) is 3.27. The fourth-order valence-corrected chi connectivity index (χ4v) is 4.03. The van der Waals surface area contributed by atoms with Crippen molar-refractivity contribution in [2.45, 2.75) is 25.2 Å². The molecule has 4 heterocycles. The highest BCUT2D eigenvalue weighted by molar-refractivity contribution is 5.65. The summed E-state index contributed by atoms with van der Waals surface area (Å²) in [6, 6.07) is 10.5. The summed E-state index contributed by atoms with van der Waals surface area (Å²) in [5, 5.41) is 6.58. The Hall–Kier alpha value is -3.30. The van der Waals surface area contributed by atoms with Crippen molar-refractivity contribution in [3.63, 3.8) is 0 Å². The number of benzene rings is 1. The predicted molar refractivity (Wildman–Crippen MR) is 119 cm³/mol. The Balaban J connectivity index is 1.35. The number of nitrogens with one attached hydrogen (secondary N) is 2. The van der Waals surface area contributed by atoms with Crippen LogP contribution in [0.25, 0.3) is 0 Å². The maximum atomic E-state index is 13.2. The van der Waals surface area contributed by atoms with Crippen LogP contribution in [0.4, 0.5) is 27.5 Å². The highest BCUT2D eigenvalue weighted by Crippen LogP contribution is 2.34. The third-order valence-corrected chi connectivity index (χ3v) is 5.72. The lowest BCUT2D eigenvalue weighted by Gasteiger charge is -2.38. The summed E-state index contributed by atoms with van der Waals surface area (Å²) in [4.78, 5) is 15.4. The molecule has 2 aromatic heterocycles. The van der Waals surface area contributed by atoms with Crippen LogP contribution < -0.4 is 15.5 Å². The highest BCUT2D eigenvalue weighted by atomic mass is 19.1. The molecule has 1 spiro atoms. The van der Waals surface area contributed by atoms with Gasteiger partial charge in [-0.05, 0) is 17.7 Å². The van der Waals surface area contributed by atoms with Gasteiger partial charge in [-0.3, -0.25) is 4.98 Å². The number of halogens is 1. The molecule has 0 atom stereocenters. The zero-order valence-electron chi connectivity index (χ0n) is 17.6. The Bertz CT molecular complexity index is 1030. The number of nitrogens with zero attached hydrogens (tertiary/aromatic N) is 4. The van der Waals surface area contributed by atoms with Crippen LogP contribution in [0.5, 0.6) is 0 Å². The summed E-state index contributed by atoms with van der Waals surface area (Å²) in [7, 11) is 0. The molecule has 0 radical (unpaired) electrons. The van der Waals surface area contributed by atoms with Crippen molar-refractivity contribution < 1.29 is 13.9 Å². The van der Waals surface area contributed by atoms with Crippen molar-refractivity contribution >= 4 is 23.1 Å². The van der Waals surface area contributed by atoms with Crippen LogP contribution >= 0.6 is 0 Å². The van der Waals surface area contributed by atoms with Crippen molar-refractivity contribution in [2.75, 3.05) is 41.8 Å². The molecule has 0 unspecified atom stereocenters. The van der Waals surface area contributed by atoms with Crippen molar-refractivity contribution in [3.8, 4) is 0 Å². The van der Waals surface area contributed by atoms with E-state index in [0.717, 1.165) is 37.2 Å². The maximum absolute atomic E-state index is 13.2. The summed E-state index contributed by atoms with van der Waals surface area (Å²) >= 11 is 0. The van der Waals surface area contributed by atoms with Gasteiger partial charge >= 0.3 is 0 Å². The smallest absolute Gasteiger partial charge is 0.171 e. The molecule has 0 aliphatic carbocycles. The molecule has 0 amide bonds. The molecule has 2 aliphatic rings. The first-order chi connectivity index (χ1) is 15.7. The number of pyridine rings is 1. The second kappa shape index (κ2) is 9.05. The van der Waals surface area contributed by atoms with E-state index in [1.807, 2.05) is 12.1 Å². The number of hydrogen-bond acceptors (Lipinski definition) is 8. The van der Waals surface area contributed by atoms with Crippen LogP contribution in [0, 0.1) is 5.82 Å².